The van der Waals surface area contributed by atoms with E-state index in [4.69, 9.17) is 14.9 Å². The van der Waals surface area contributed by atoms with Crippen molar-refractivity contribution in [3.05, 3.63) is 24.3 Å². The smallest absolute Gasteiger partial charge is 0.175 e. The van der Waals surface area contributed by atoms with Crippen molar-refractivity contribution in [1.82, 2.24) is 0 Å². The summed E-state index contributed by atoms with van der Waals surface area (Å²) in [5, 5.41) is 17.6. The van der Waals surface area contributed by atoms with Gasteiger partial charge in [0, 0.05) is 6.26 Å². The Kier molecular flexibility index (Phi) is 4.28. The molecule has 1 aromatic rings. The average Bonchev–Trinajstić information content (AvgIpc) is 2.25. The van der Waals surface area contributed by atoms with Crippen molar-refractivity contribution in [2.75, 3.05) is 19.5 Å². The molecule has 0 aliphatic heterocycles. The molecule has 0 fully saturated rings. The van der Waals surface area contributed by atoms with Gasteiger partial charge in [-0.1, -0.05) is 0 Å². The van der Waals surface area contributed by atoms with E-state index >= 15 is 0 Å². The monoisotopic (exact) mass is 246 g/mol. The lowest BCUT2D eigenvalue weighted by atomic mass is 10.3. The predicted octanol–water partition coefficient (Wildman–Crippen LogP) is -0.178. The van der Waals surface area contributed by atoms with Crippen molar-refractivity contribution in [3.63, 3.8) is 0 Å². The van der Waals surface area contributed by atoms with Crippen LogP contribution in [0.3, 0.4) is 0 Å². The molecule has 6 heteroatoms. The molecule has 0 unspecified atom stereocenters. The van der Waals surface area contributed by atoms with Crippen LogP contribution in [0.15, 0.2) is 29.2 Å². The molecule has 1 rings (SSSR count). The van der Waals surface area contributed by atoms with E-state index in [-0.39, 0.29) is 18.1 Å². The van der Waals surface area contributed by atoms with Gasteiger partial charge in [0.1, 0.15) is 18.5 Å². The van der Waals surface area contributed by atoms with Crippen LogP contribution in [0.4, 0.5) is 0 Å². The van der Waals surface area contributed by atoms with Crippen LogP contribution >= 0.6 is 0 Å². The Morgan fingerprint density at radius 3 is 2.31 bits per heavy atom. The van der Waals surface area contributed by atoms with Gasteiger partial charge in [-0.05, 0) is 24.3 Å². The average molecular weight is 246 g/mol. The Hall–Kier alpha value is -1.11. The Balaban J connectivity index is 2.66. The molecule has 1 aromatic carbocycles. The van der Waals surface area contributed by atoms with E-state index in [9.17, 15) is 8.42 Å². The Morgan fingerprint density at radius 1 is 1.31 bits per heavy atom. The predicted molar refractivity (Wildman–Crippen MR) is 58.1 cm³/mol. The van der Waals surface area contributed by atoms with Gasteiger partial charge in [0.15, 0.2) is 9.84 Å². The third kappa shape index (κ3) is 3.80. The van der Waals surface area contributed by atoms with Crippen LogP contribution in [0.2, 0.25) is 0 Å². The van der Waals surface area contributed by atoms with Crippen LogP contribution in [0.5, 0.6) is 5.75 Å². The lowest BCUT2D eigenvalue weighted by molar-refractivity contribution is 0.0536. The third-order valence-corrected chi connectivity index (χ3v) is 3.03. The highest BCUT2D eigenvalue weighted by Crippen LogP contribution is 2.15. The Labute approximate surface area is 94.2 Å². The fourth-order valence-electron chi connectivity index (χ4n) is 1.03. The number of rotatable bonds is 5. The fraction of sp³-hybridized carbons (Fsp3) is 0.400. The van der Waals surface area contributed by atoms with Gasteiger partial charge in [-0.15, -0.1) is 0 Å². The quantitative estimate of drug-likeness (QED) is 0.753. The minimum absolute atomic E-state index is 0.0330. The van der Waals surface area contributed by atoms with Gasteiger partial charge in [0.05, 0.1) is 11.5 Å². The second-order valence-corrected chi connectivity index (χ2v) is 5.41. The minimum Gasteiger partial charge on any atom is -0.491 e. The number of aliphatic hydroxyl groups excluding tert-OH is 2. The highest BCUT2D eigenvalue weighted by molar-refractivity contribution is 7.90. The van der Waals surface area contributed by atoms with E-state index in [2.05, 4.69) is 0 Å². The SMILES string of the molecule is CS(=O)(=O)c1ccc(OC[C@@H](O)CO)cc1. The van der Waals surface area contributed by atoms with Crippen molar-refractivity contribution >= 4 is 9.84 Å². The highest BCUT2D eigenvalue weighted by Gasteiger charge is 2.07. The first kappa shape index (κ1) is 13.0. The maximum atomic E-state index is 11.1. The van der Waals surface area contributed by atoms with Crippen LogP contribution in [-0.2, 0) is 9.84 Å². The maximum absolute atomic E-state index is 11.1. The van der Waals surface area contributed by atoms with Crippen LogP contribution in [-0.4, -0.2) is 44.2 Å². The molecule has 5 nitrogen and oxygen atoms in total. The topological polar surface area (TPSA) is 83.8 Å². The molecule has 0 saturated carbocycles. The molecule has 0 heterocycles. The van der Waals surface area contributed by atoms with E-state index < -0.39 is 15.9 Å². The summed E-state index contributed by atoms with van der Waals surface area (Å²) >= 11 is 0. The number of hydrogen-bond acceptors (Lipinski definition) is 5. The van der Waals surface area contributed by atoms with Gasteiger partial charge in [0.2, 0.25) is 0 Å². The number of aliphatic hydroxyl groups is 2. The van der Waals surface area contributed by atoms with E-state index in [1.54, 1.807) is 0 Å². The summed E-state index contributed by atoms with van der Waals surface area (Å²) in [6, 6.07) is 5.85. The number of sulfone groups is 1. The van der Waals surface area contributed by atoms with Gasteiger partial charge in [-0.25, -0.2) is 8.42 Å². The third-order valence-electron chi connectivity index (χ3n) is 1.91. The molecule has 0 saturated heterocycles. The Morgan fingerprint density at radius 2 is 1.88 bits per heavy atom. The summed E-state index contributed by atoms with van der Waals surface area (Å²) < 4.78 is 27.4. The summed E-state index contributed by atoms with van der Waals surface area (Å²) in [7, 11) is -3.20. The Bertz CT molecular complexity index is 423. The van der Waals surface area contributed by atoms with Crippen molar-refractivity contribution < 1.29 is 23.4 Å². The molecule has 0 bridgehead atoms. The number of ether oxygens (including phenoxy) is 1. The first-order chi connectivity index (χ1) is 7.43. The minimum atomic E-state index is -3.20. The molecule has 2 N–H and O–H groups in total. The summed E-state index contributed by atoms with van der Waals surface area (Å²) in [6.07, 6.45) is 0.188. The molecule has 1 atom stereocenters. The largest absolute Gasteiger partial charge is 0.491 e. The molecule has 0 radical (unpaired) electrons. The van der Waals surface area contributed by atoms with Crippen molar-refractivity contribution in [2.24, 2.45) is 0 Å². The van der Waals surface area contributed by atoms with Crippen LogP contribution < -0.4 is 4.74 Å². The molecule has 0 aliphatic rings. The van der Waals surface area contributed by atoms with Gasteiger partial charge >= 0.3 is 0 Å². The van der Waals surface area contributed by atoms with Gasteiger partial charge in [0.25, 0.3) is 0 Å². The van der Waals surface area contributed by atoms with Crippen LogP contribution in [0.1, 0.15) is 0 Å². The van der Waals surface area contributed by atoms with E-state index in [0.717, 1.165) is 6.26 Å². The van der Waals surface area contributed by atoms with Gasteiger partial charge in [-0.3, -0.25) is 0 Å². The normalized spacial score (nSPS) is 13.4. The molecule has 90 valence electrons. The number of benzene rings is 1. The van der Waals surface area contributed by atoms with E-state index in [1.165, 1.54) is 24.3 Å². The van der Waals surface area contributed by atoms with Gasteiger partial charge in [-0.2, -0.15) is 0 Å². The summed E-state index contributed by atoms with van der Waals surface area (Å²) in [5.74, 6) is 0.444. The lowest BCUT2D eigenvalue weighted by Gasteiger charge is -2.09. The van der Waals surface area contributed by atoms with Crippen LogP contribution in [0, 0.1) is 0 Å². The van der Waals surface area contributed by atoms with Crippen molar-refractivity contribution in [1.29, 1.82) is 0 Å². The van der Waals surface area contributed by atoms with E-state index in [1.807, 2.05) is 0 Å². The molecule has 0 aliphatic carbocycles. The molecule has 0 spiro atoms. The highest BCUT2D eigenvalue weighted by atomic mass is 32.2. The lowest BCUT2D eigenvalue weighted by Crippen LogP contribution is -2.21. The first-order valence-electron chi connectivity index (χ1n) is 4.65. The second kappa shape index (κ2) is 5.29. The molecular weight excluding hydrogens is 232 g/mol. The first-order valence-corrected chi connectivity index (χ1v) is 6.54. The molecular formula is C10H14O5S. The number of hydrogen-bond donors (Lipinski definition) is 2. The maximum Gasteiger partial charge on any atom is 0.175 e. The molecule has 0 aromatic heterocycles. The summed E-state index contributed by atoms with van der Waals surface area (Å²) in [6.45, 7) is -0.407. The standard InChI is InChI=1S/C10H14O5S/c1-16(13,14)10-4-2-9(3-5-10)15-7-8(12)6-11/h2-5,8,11-12H,6-7H2,1H3/t8-/m0/s1. The molecule has 0 amide bonds. The fourth-order valence-corrected chi connectivity index (χ4v) is 1.66. The van der Waals surface area contributed by atoms with Crippen molar-refractivity contribution in [2.45, 2.75) is 11.0 Å². The summed E-state index contributed by atoms with van der Waals surface area (Å²) in [4.78, 5) is 0.211. The zero-order chi connectivity index (χ0) is 12.2. The zero-order valence-electron chi connectivity index (χ0n) is 8.83. The molecule has 16 heavy (non-hydrogen) atoms. The van der Waals surface area contributed by atoms with Gasteiger partial charge < -0.3 is 14.9 Å². The van der Waals surface area contributed by atoms with E-state index in [0.29, 0.717) is 5.75 Å². The zero-order valence-corrected chi connectivity index (χ0v) is 9.64. The van der Waals surface area contributed by atoms with Crippen molar-refractivity contribution in [3.8, 4) is 5.75 Å². The van der Waals surface area contributed by atoms with Crippen LogP contribution in [0.25, 0.3) is 0 Å². The summed E-state index contributed by atoms with van der Waals surface area (Å²) in [5.41, 5.74) is 0. The second-order valence-electron chi connectivity index (χ2n) is 3.39.